The molecule has 0 bridgehead atoms. The standard InChI is InChI=1S/C13H16O2S/c1-3-10(2)16-12(13(14)15)9-11-7-5-4-6-8-11/h3-8,10,12H,1,9H2,2H3,(H,14,15). The van der Waals surface area contributed by atoms with Crippen LogP contribution in [0.15, 0.2) is 43.0 Å². The van der Waals surface area contributed by atoms with Crippen LogP contribution in [-0.4, -0.2) is 21.6 Å². The SMILES string of the molecule is C=CC(C)SC(Cc1ccccc1)C(=O)O. The fraction of sp³-hybridized carbons (Fsp3) is 0.308. The summed E-state index contributed by atoms with van der Waals surface area (Å²) in [4.78, 5) is 11.1. The molecule has 16 heavy (non-hydrogen) atoms. The molecule has 1 aromatic carbocycles. The van der Waals surface area contributed by atoms with E-state index in [-0.39, 0.29) is 5.25 Å². The number of carboxylic acids is 1. The van der Waals surface area contributed by atoms with Crippen molar-refractivity contribution in [2.75, 3.05) is 0 Å². The third-order valence-electron chi connectivity index (χ3n) is 2.25. The van der Waals surface area contributed by atoms with E-state index in [0.717, 1.165) is 5.56 Å². The summed E-state index contributed by atoms with van der Waals surface area (Å²) in [6.45, 7) is 5.62. The second-order valence-electron chi connectivity index (χ2n) is 3.59. The summed E-state index contributed by atoms with van der Waals surface area (Å²) in [5.74, 6) is -0.762. The number of hydrogen-bond donors (Lipinski definition) is 1. The van der Waals surface area contributed by atoms with Gasteiger partial charge in [0.15, 0.2) is 0 Å². The number of thioether (sulfide) groups is 1. The number of aliphatic carboxylic acids is 1. The molecule has 2 nitrogen and oxygen atoms in total. The van der Waals surface area contributed by atoms with Crippen molar-refractivity contribution < 1.29 is 9.90 Å². The molecule has 0 saturated carbocycles. The minimum atomic E-state index is -0.762. The smallest absolute Gasteiger partial charge is 0.316 e. The van der Waals surface area contributed by atoms with Gasteiger partial charge in [0.25, 0.3) is 0 Å². The van der Waals surface area contributed by atoms with E-state index in [1.165, 1.54) is 11.8 Å². The quantitative estimate of drug-likeness (QED) is 0.771. The van der Waals surface area contributed by atoms with Crippen LogP contribution >= 0.6 is 11.8 Å². The van der Waals surface area contributed by atoms with Crippen molar-refractivity contribution in [2.45, 2.75) is 23.8 Å². The molecule has 2 unspecified atom stereocenters. The van der Waals surface area contributed by atoms with Gasteiger partial charge in [-0.15, -0.1) is 18.3 Å². The van der Waals surface area contributed by atoms with Crippen LogP contribution in [0.4, 0.5) is 0 Å². The van der Waals surface area contributed by atoms with Gasteiger partial charge in [-0.05, 0) is 18.9 Å². The molecule has 0 amide bonds. The molecule has 0 aliphatic heterocycles. The molecule has 0 spiro atoms. The molecule has 1 rings (SSSR count). The van der Waals surface area contributed by atoms with Crippen LogP contribution in [0.3, 0.4) is 0 Å². The average Bonchev–Trinajstić information content (AvgIpc) is 2.29. The topological polar surface area (TPSA) is 37.3 Å². The molecule has 0 aliphatic carbocycles. The Morgan fingerprint density at radius 2 is 2.12 bits per heavy atom. The van der Waals surface area contributed by atoms with Gasteiger partial charge in [0.2, 0.25) is 0 Å². The van der Waals surface area contributed by atoms with Crippen LogP contribution in [0.2, 0.25) is 0 Å². The van der Waals surface area contributed by atoms with Crippen LogP contribution in [-0.2, 0) is 11.2 Å². The Bertz CT molecular complexity index is 348. The van der Waals surface area contributed by atoms with E-state index in [9.17, 15) is 4.79 Å². The van der Waals surface area contributed by atoms with E-state index >= 15 is 0 Å². The lowest BCUT2D eigenvalue weighted by molar-refractivity contribution is -0.136. The summed E-state index contributed by atoms with van der Waals surface area (Å²) >= 11 is 1.43. The molecule has 1 N–H and O–H groups in total. The first kappa shape index (κ1) is 12.8. The summed E-state index contributed by atoms with van der Waals surface area (Å²) < 4.78 is 0. The molecule has 0 radical (unpaired) electrons. The third-order valence-corrected chi connectivity index (χ3v) is 3.57. The summed E-state index contributed by atoms with van der Waals surface area (Å²) in [5.41, 5.74) is 1.05. The summed E-state index contributed by atoms with van der Waals surface area (Å²) in [6, 6.07) is 9.69. The summed E-state index contributed by atoms with van der Waals surface area (Å²) in [7, 11) is 0. The second-order valence-corrected chi connectivity index (χ2v) is 5.18. The van der Waals surface area contributed by atoms with Gasteiger partial charge in [-0.25, -0.2) is 0 Å². The van der Waals surface area contributed by atoms with Gasteiger partial charge in [-0.2, -0.15) is 0 Å². The first-order valence-electron chi connectivity index (χ1n) is 5.18. The van der Waals surface area contributed by atoms with Crippen LogP contribution in [0.1, 0.15) is 12.5 Å². The van der Waals surface area contributed by atoms with E-state index in [1.54, 1.807) is 6.08 Å². The molecular formula is C13H16O2S. The highest BCUT2D eigenvalue weighted by atomic mass is 32.2. The first-order chi connectivity index (χ1) is 7.63. The van der Waals surface area contributed by atoms with Crippen LogP contribution in [0, 0.1) is 0 Å². The van der Waals surface area contributed by atoms with E-state index in [2.05, 4.69) is 6.58 Å². The lowest BCUT2D eigenvalue weighted by Crippen LogP contribution is -2.21. The fourth-order valence-electron chi connectivity index (χ4n) is 1.34. The summed E-state index contributed by atoms with van der Waals surface area (Å²) in [5, 5.41) is 8.87. The van der Waals surface area contributed by atoms with Gasteiger partial charge in [-0.1, -0.05) is 36.4 Å². The molecule has 2 atom stereocenters. The van der Waals surface area contributed by atoms with Gasteiger partial charge in [-0.3, -0.25) is 4.79 Å². The Hall–Kier alpha value is -1.22. The van der Waals surface area contributed by atoms with Crippen molar-refractivity contribution in [3.05, 3.63) is 48.6 Å². The van der Waals surface area contributed by atoms with E-state index < -0.39 is 11.2 Å². The zero-order valence-corrected chi connectivity index (χ0v) is 10.1. The van der Waals surface area contributed by atoms with Crippen LogP contribution in [0.25, 0.3) is 0 Å². The molecule has 0 aromatic heterocycles. The van der Waals surface area contributed by atoms with Gasteiger partial charge < -0.3 is 5.11 Å². The van der Waals surface area contributed by atoms with Gasteiger partial charge >= 0.3 is 5.97 Å². The Balaban J connectivity index is 2.65. The second kappa shape index (κ2) is 6.38. The minimum Gasteiger partial charge on any atom is -0.480 e. The Morgan fingerprint density at radius 3 is 2.62 bits per heavy atom. The van der Waals surface area contributed by atoms with Gasteiger partial charge in [0.1, 0.15) is 5.25 Å². The molecule has 86 valence electrons. The van der Waals surface area contributed by atoms with E-state index in [0.29, 0.717) is 6.42 Å². The Labute approximate surface area is 100 Å². The summed E-state index contributed by atoms with van der Waals surface area (Å²) in [6.07, 6.45) is 2.32. The number of carboxylic acid groups (broad SMARTS) is 1. The van der Waals surface area contributed by atoms with Crippen molar-refractivity contribution in [3.63, 3.8) is 0 Å². The molecule has 0 saturated heterocycles. The predicted molar refractivity (Wildman–Crippen MR) is 68.8 cm³/mol. The zero-order valence-electron chi connectivity index (χ0n) is 9.30. The highest BCUT2D eigenvalue weighted by Crippen LogP contribution is 2.22. The highest BCUT2D eigenvalue weighted by Gasteiger charge is 2.20. The van der Waals surface area contributed by atoms with E-state index in [4.69, 9.17) is 5.11 Å². The van der Waals surface area contributed by atoms with Crippen molar-refractivity contribution in [1.82, 2.24) is 0 Å². The predicted octanol–water partition coefficient (Wildman–Crippen LogP) is 2.99. The number of hydrogen-bond acceptors (Lipinski definition) is 2. The van der Waals surface area contributed by atoms with Crippen LogP contribution < -0.4 is 0 Å². The molecule has 0 heterocycles. The Kier molecular flexibility index (Phi) is 5.12. The monoisotopic (exact) mass is 236 g/mol. The number of benzene rings is 1. The fourth-order valence-corrected chi connectivity index (χ4v) is 2.37. The maximum Gasteiger partial charge on any atom is 0.316 e. The minimum absolute atomic E-state index is 0.157. The van der Waals surface area contributed by atoms with Crippen molar-refractivity contribution in [1.29, 1.82) is 0 Å². The van der Waals surface area contributed by atoms with Gasteiger partial charge in [0.05, 0.1) is 0 Å². The normalized spacial score (nSPS) is 14.1. The third kappa shape index (κ3) is 4.11. The molecule has 3 heteroatoms. The largest absolute Gasteiger partial charge is 0.480 e. The van der Waals surface area contributed by atoms with Gasteiger partial charge in [0, 0.05) is 5.25 Å². The maximum absolute atomic E-state index is 11.1. The van der Waals surface area contributed by atoms with Crippen LogP contribution in [0.5, 0.6) is 0 Å². The molecule has 1 aromatic rings. The lowest BCUT2D eigenvalue weighted by Gasteiger charge is -2.14. The zero-order chi connectivity index (χ0) is 12.0. The first-order valence-corrected chi connectivity index (χ1v) is 6.12. The number of carbonyl (C=O) groups is 1. The number of rotatable bonds is 6. The van der Waals surface area contributed by atoms with E-state index in [1.807, 2.05) is 37.3 Å². The molecule has 0 aliphatic rings. The molecule has 0 fully saturated rings. The molecular weight excluding hydrogens is 220 g/mol. The lowest BCUT2D eigenvalue weighted by atomic mass is 10.1. The average molecular weight is 236 g/mol. The highest BCUT2D eigenvalue weighted by molar-refractivity contribution is 8.01. The van der Waals surface area contributed by atoms with Crippen molar-refractivity contribution in [2.24, 2.45) is 0 Å². The van der Waals surface area contributed by atoms with Crippen molar-refractivity contribution >= 4 is 17.7 Å². The Morgan fingerprint density at radius 1 is 1.50 bits per heavy atom. The van der Waals surface area contributed by atoms with Crippen molar-refractivity contribution in [3.8, 4) is 0 Å². The maximum atomic E-state index is 11.1.